The van der Waals surface area contributed by atoms with Gasteiger partial charge in [0.25, 0.3) is 5.69 Å². The van der Waals surface area contributed by atoms with E-state index >= 15 is 0 Å². The number of para-hydroxylation sites is 1. The Balaban J connectivity index is 2.25. The van der Waals surface area contributed by atoms with Crippen LogP contribution in [0.3, 0.4) is 0 Å². The Bertz CT molecular complexity index is 661. The lowest BCUT2D eigenvalue weighted by Gasteiger charge is -2.14. The largest absolute Gasteiger partial charge is 0.365 e. The average molecular weight is 307 g/mol. The number of rotatable bonds is 5. The topological polar surface area (TPSA) is 81.0 Å². The Morgan fingerprint density at radius 2 is 2.05 bits per heavy atom. The van der Waals surface area contributed by atoms with E-state index in [1.54, 1.807) is 18.2 Å². The Hall–Kier alpha value is -2.21. The van der Waals surface area contributed by atoms with E-state index < -0.39 is 4.92 Å². The highest BCUT2D eigenvalue weighted by Gasteiger charge is 2.16. The normalized spacial score (nSPS) is 10.7. The second-order valence-electron chi connectivity index (χ2n) is 4.82. The minimum atomic E-state index is -0.396. The third-order valence-electron chi connectivity index (χ3n) is 3.05. The first-order chi connectivity index (χ1) is 10.0. The molecule has 0 atom stereocenters. The molecule has 110 valence electrons. The smallest absolute Gasteiger partial charge is 0.274 e. The summed E-state index contributed by atoms with van der Waals surface area (Å²) in [7, 11) is 0. The molecule has 7 heteroatoms. The molecule has 0 saturated carbocycles. The molecule has 2 rings (SSSR count). The van der Waals surface area contributed by atoms with Gasteiger partial charge < -0.3 is 5.32 Å². The number of anilines is 1. The number of nitro benzene ring substituents is 1. The molecule has 0 radical (unpaired) electrons. The fraction of sp³-hybridized carbons (Fsp3) is 0.286. The first-order valence-corrected chi connectivity index (χ1v) is 6.85. The molecule has 0 amide bonds. The Labute approximate surface area is 127 Å². The number of nitrogens with one attached hydrogen (secondary N) is 1. The summed E-state index contributed by atoms with van der Waals surface area (Å²) >= 11 is 6.09. The van der Waals surface area contributed by atoms with Gasteiger partial charge in [0, 0.05) is 23.7 Å². The third kappa shape index (κ3) is 3.46. The summed E-state index contributed by atoms with van der Waals surface area (Å²) in [4.78, 5) is 18.7. The van der Waals surface area contributed by atoms with Crippen molar-refractivity contribution in [3.05, 3.63) is 57.0 Å². The van der Waals surface area contributed by atoms with E-state index in [9.17, 15) is 10.1 Å². The van der Waals surface area contributed by atoms with Gasteiger partial charge in [-0.1, -0.05) is 43.6 Å². The van der Waals surface area contributed by atoms with Crippen LogP contribution in [-0.2, 0) is 6.54 Å². The standard InChI is InChI=1S/C14H15ClN4O2/c1-9(2)12-13(15)17-8-18-14(12)16-7-10-5-3-4-6-11(10)19(20)21/h3-6,8-9H,7H2,1-2H3,(H,16,17,18). The van der Waals surface area contributed by atoms with Crippen molar-refractivity contribution < 1.29 is 4.92 Å². The Morgan fingerprint density at radius 3 is 2.71 bits per heavy atom. The molecule has 21 heavy (non-hydrogen) atoms. The van der Waals surface area contributed by atoms with Crippen LogP contribution in [0.4, 0.5) is 11.5 Å². The first kappa shape index (κ1) is 15.2. The fourth-order valence-electron chi connectivity index (χ4n) is 2.04. The maximum atomic E-state index is 11.0. The van der Waals surface area contributed by atoms with E-state index in [0.29, 0.717) is 23.1 Å². The van der Waals surface area contributed by atoms with Crippen molar-refractivity contribution in [2.45, 2.75) is 26.3 Å². The maximum absolute atomic E-state index is 11.0. The summed E-state index contributed by atoms with van der Waals surface area (Å²) in [6.07, 6.45) is 1.37. The number of benzene rings is 1. The Morgan fingerprint density at radius 1 is 1.33 bits per heavy atom. The van der Waals surface area contributed by atoms with Crippen molar-refractivity contribution >= 4 is 23.1 Å². The lowest BCUT2D eigenvalue weighted by atomic mass is 10.1. The Kier molecular flexibility index (Phi) is 4.70. The highest BCUT2D eigenvalue weighted by Crippen LogP contribution is 2.28. The average Bonchev–Trinajstić information content (AvgIpc) is 2.44. The van der Waals surface area contributed by atoms with E-state index in [1.807, 2.05) is 13.8 Å². The zero-order chi connectivity index (χ0) is 15.4. The van der Waals surface area contributed by atoms with Gasteiger partial charge in [0.2, 0.25) is 0 Å². The summed E-state index contributed by atoms with van der Waals surface area (Å²) in [6.45, 7) is 4.27. The van der Waals surface area contributed by atoms with Crippen molar-refractivity contribution in [3.8, 4) is 0 Å². The van der Waals surface area contributed by atoms with Gasteiger partial charge in [-0.2, -0.15) is 0 Å². The highest BCUT2D eigenvalue weighted by atomic mass is 35.5. The van der Waals surface area contributed by atoms with Crippen molar-refractivity contribution in [2.75, 3.05) is 5.32 Å². The number of hydrogen-bond acceptors (Lipinski definition) is 5. The third-order valence-corrected chi connectivity index (χ3v) is 3.35. The molecular weight excluding hydrogens is 292 g/mol. The van der Waals surface area contributed by atoms with Gasteiger partial charge in [-0.15, -0.1) is 0 Å². The molecule has 0 spiro atoms. The predicted octanol–water partition coefficient (Wildman–Crippen LogP) is 3.77. The van der Waals surface area contributed by atoms with E-state index in [0.717, 1.165) is 5.56 Å². The monoisotopic (exact) mass is 306 g/mol. The first-order valence-electron chi connectivity index (χ1n) is 6.47. The van der Waals surface area contributed by atoms with Crippen LogP contribution in [0, 0.1) is 10.1 Å². The number of halogens is 1. The predicted molar refractivity (Wildman–Crippen MR) is 81.6 cm³/mol. The molecule has 2 aromatic rings. The molecule has 1 aromatic heterocycles. The lowest BCUT2D eigenvalue weighted by molar-refractivity contribution is -0.385. The molecule has 0 bridgehead atoms. The molecular formula is C14H15ClN4O2. The van der Waals surface area contributed by atoms with Crippen molar-refractivity contribution in [1.82, 2.24) is 9.97 Å². The molecule has 1 N–H and O–H groups in total. The minimum absolute atomic E-state index is 0.0799. The van der Waals surface area contributed by atoms with Crippen molar-refractivity contribution in [1.29, 1.82) is 0 Å². The quantitative estimate of drug-likeness (QED) is 0.516. The lowest BCUT2D eigenvalue weighted by Crippen LogP contribution is -2.08. The summed E-state index contributed by atoms with van der Waals surface area (Å²) < 4.78 is 0. The highest BCUT2D eigenvalue weighted by molar-refractivity contribution is 6.30. The van der Waals surface area contributed by atoms with Crippen LogP contribution in [0.15, 0.2) is 30.6 Å². The van der Waals surface area contributed by atoms with Crippen LogP contribution in [0.25, 0.3) is 0 Å². The molecule has 1 aromatic carbocycles. The van der Waals surface area contributed by atoms with Crippen LogP contribution in [0.5, 0.6) is 0 Å². The minimum Gasteiger partial charge on any atom is -0.365 e. The fourth-order valence-corrected chi connectivity index (χ4v) is 2.40. The van der Waals surface area contributed by atoms with E-state index in [1.165, 1.54) is 12.4 Å². The van der Waals surface area contributed by atoms with Crippen LogP contribution in [0.2, 0.25) is 5.15 Å². The number of nitrogens with zero attached hydrogens (tertiary/aromatic N) is 3. The molecule has 0 aliphatic carbocycles. The summed E-state index contributed by atoms with van der Waals surface area (Å²) in [5.41, 5.74) is 1.47. The summed E-state index contributed by atoms with van der Waals surface area (Å²) in [5.74, 6) is 0.745. The maximum Gasteiger partial charge on any atom is 0.274 e. The van der Waals surface area contributed by atoms with Gasteiger partial charge >= 0.3 is 0 Å². The number of hydrogen-bond donors (Lipinski definition) is 1. The molecule has 1 heterocycles. The molecule has 0 unspecified atom stereocenters. The zero-order valence-corrected chi connectivity index (χ0v) is 12.5. The van der Waals surface area contributed by atoms with Gasteiger partial charge in [-0.05, 0) is 5.92 Å². The SMILES string of the molecule is CC(C)c1c(Cl)ncnc1NCc1ccccc1[N+](=O)[O-]. The van der Waals surface area contributed by atoms with E-state index in [2.05, 4.69) is 15.3 Å². The van der Waals surface area contributed by atoms with Crippen LogP contribution < -0.4 is 5.32 Å². The molecule has 0 saturated heterocycles. The van der Waals surface area contributed by atoms with Crippen LogP contribution in [0.1, 0.15) is 30.9 Å². The summed E-state index contributed by atoms with van der Waals surface area (Å²) in [5, 5.41) is 14.5. The summed E-state index contributed by atoms with van der Waals surface area (Å²) in [6, 6.07) is 6.60. The number of nitro groups is 1. The van der Waals surface area contributed by atoms with Gasteiger partial charge in [-0.25, -0.2) is 9.97 Å². The van der Waals surface area contributed by atoms with E-state index in [4.69, 9.17) is 11.6 Å². The van der Waals surface area contributed by atoms with Gasteiger partial charge in [0.05, 0.1) is 4.92 Å². The number of aromatic nitrogens is 2. The van der Waals surface area contributed by atoms with E-state index in [-0.39, 0.29) is 11.6 Å². The van der Waals surface area contributed by atoms with Crippen LogP contribution in [-0.4, -0.2) is 14.9 Å². The molecule has 0 aliphatic heterocycles. The zero-order valence-electron chi connectivity index (χ0n) is 11.7. The molecule has 6 nitrogen and oxygen atoms in total. The van der Waals surface area contributed by atoms with Crippen LogP contribution >= 0.6 is 11.6 Å². The second kappa shape index (κ2) is 6.49. The van der Waals surface area contributed by atoms with Gasteiger partial charge in [0.15, 0.2) is 0 Å². The molecule has 0 aliphatic rings. The molecule has 0 fully saturated rings. The van der Waals surface area contributed by atoms with Gasteiger partial charge in [0.1, 0.15) is 17.3 Å². The second-order valence-corrected chi connectivity index (χ2v) is 5.18. The van der Waals surface area contributed by atoms with Gasteiger partial charge in [-0.3, -0.25) is 10.1 Å². The van der Waals surface area contributed by atoms with Crippen molar-refractivity contribution in [3.63, 3.8) is 0 Å². The van der Waals surface area contributed by atoms with Crippen molar-refractivity contribution in [2.24, 2.45) is 0 Å².